The van der Waals surface area contributed by atoms with Crippen molar-refractivity contribution in [2.24, 2.45) is 0 Å². The number of rotatable bonds is 1. The molecule has 0 bridgehead atoms. The number of piperidine rings is 1. The first-order chi connectivity index (χ1) is 5.11. The number of hydrogen-bond acceptors (Lipinski definition) is 3. The van der Waals surface area contributed by atoms with Crippen LogP contribution in [0.3, 0.4) is 0 Å². The van der Waals surface area contributed by atoms with Crippen molar-refractivity contribution in [3.63, 3.8) is 0 Å². The monoisotopic (exact) mass is 157 g/mol. The largest absolute Gasteiger partial charge is 0.437 e. The maximum absolute atomic E-state index is 9.28. The van der Waals surface area contributed by atoms with Crippen LogP contribution in [0.25, 0.3) is 0 Å². The smallest absolute Gasteiger partial charge is 0.376 e. The van der Waals surface area contributed by atoms with Crippen molar-refractivity contribution >= 4 is 7.05 Å². The third-order valence-corrected chi connectivity index (χ3v) is 2.38. The van der Waals surface area contributed by atoms with Crippen molar-refractivity contribution in [3.8, 4) is 0 Å². The van der Waals surface area contributed by atoms with Crippen molar-refractivity contribution in [2.45, 2.75) is 38.7 Å². The summed E-state index contributed by atoms with van der Waals surface area (Å²) in [6.07, 6.45) is 1.40. The van der Waals surface area contributed by atoms with E-state index >= 15 is 0 Å². The normalized spacial score (nSPS) is 33.8. The van der Waals surface area contributed by atoms with Crippen LogP contribution < -0.4 is 0 Å². The van der Waals surface area contributed by atoms with E-state index in [-0.39, 0.29) is 13.2 Å². The molecule has 1 aliphatic heterocycles. The highest BCUT2D eigenvalue weighted by Gasteiger charge is 2.28. The van der Waals surface area contributed by atoms with Crippen LogP contribution in [0.1, 0.15) is 19.8 Å². The van der Waals surface area contributed by atoms with Gasteiger partial charge in [0.1, 0.15) is 0 Å². The Morgan fingerprint density at radius 2 is 2.18 bits per heavy atom. The lowest BCUT2D eigenvalue weighted by atomic mass is 9.80. The number of aliphatic hydroxyl groups excluding tert-OH is 1. The van der Waals surface area contributed by atoms with Crippen LogP contribution in [-0.4, -0.2) is 40.7 Å². The van der Waals surface area contributed by atoms with Crippen LogP contribution in [0.5, 0.6) is 0 Å². The minimum Gasteiger partial charge on any atom is -0.437 e. The Labute approximate surface area is 68.2 Å². The molecule has 0 amide bonds. The van der Waals surface area contributed by atoms with Crippen LogP contribution in [-0.2, 0) is 0 Å². The first-order valence-corrected chi connectivity index (χ1v) is 4.23. The van der Waals surface area contributed by atoms with Gasteiger partial charge in [-0.2, -0.15) is 0 Å². The standard InChI is InChI=1S/C7H16BNO2/c1-6-5-7(10)3-4-9(6)8(2)11/h6-7,10-11H,3-5H2,1-2H3/t6-,7-/m0/s1. The molecule has 0 aromatic heterocycles. The lowest BCUT2D eigenvalue weighted by molar-refractivity contribution is 0.0792. The van der Waals surface area contributed by atoms with Gasteiger partial charge in [0, 0.05) is 6.04 Å². The van der Waals surface area contributed by atoms with Crippen molar-refractivity contribution < 1.29 is 10.1 Å². The molecule has 0 unspecified atom stereocenters. The van der Waals surface area contributed by atoms with Gasteiger partial charge < -0.3 is 14.9 Å². The molecule has 3 nitrogen and oxygen atoms in total. The zero-order valence-electron chi connectivity index (χ0n) is 7.20. The maximum atomic E-state index is 9.28. The van der Waals surface area contributed by atoms with E-state index < -0.39 is 0 Å². The van der Waals surface area contributed by atoms with E-state index in [0.717, 1.165) is 19.4 Å². The summed E-state index contributed by atoms with van der Waals surface area (Å²) in [7, 11) is -0.377. The first kappa shape index (κ1) is 9.04. The molecule has 0 saturated carbocycles. The predicted molar refractivity (Wildman–Crippen MR) is 45.2 cm³/mol. The van der Waals surface area contributed by atoms with E-state index in [1.54, 1.807) is 6.82 Å². The molecule has 1 fully saturated rings. The highest BCUT2D eigenvalue weighted by Crippen LogP contribution is 2.17. The van der Waals surface area contributed by atoms with Gasteiger partial charge in [0.05, 0.1) is 6.10 Å². The van der Waals surface area contributed by atoms with E-state index in [1.165, 1.54) is 0 Å². The van der Waals surface area contributed by atoms with Crippen molar-refractivity contribution in [1.82, 2.24) is 4.81 Å². The van der Waals surface area contributed by atoms with Crippen LogP contribution in [0.2, 0.25) is 6.82 Å². The second-order valence-electron chi connectivity index (χ2n) is 3.40. The van der Waals surface area contributed by atoms with E-state index in [1.807, 2.05) is 11.7 Å². The van der Waals surface area contributed by atoms with Gasteiger partial charge in [-0.1, -0.05) is 6.92 Å². The second kappa shape index (κ2) is 3.56. The summed E-state index contributed by atoms with van der Waals surface area (Å²) in [6, 6.07) is 0.304. The van der Waals surface area contributed by atoms with E-state index in [0.29, 0.717) is 6.04 Å². The zero-order chi connectivity index (χ0) is 8.43. The third kappa shape index (κ3) is 2.19. The van der Waals surface area contributed by atoms with Crippen LogP contribution in [0, 0.1) is 0 Å². The molecule has 0 aliphatic carbocycles. The molecular formula is C7H16BNO2. The number of nitrogens with zero attached hydrogens (tertiary/aromatic N) is 1. The summed E-state index contributed by atoms with van der Waals surface area (Å²) < 4.78 is 0. The van der Waals surface area contributed by atoms with E-state index in [2.05, 4.69) is 0 Å². The van der Waals surface area contributed by atoms with Gasteiger partial charge in [0.2, 0.25) is 0 Å². The van der Waals surface area contributed by atoms with Gasteiger partial charge in [-0.05, 0) is 26.2 Å². The average molecular weight is 157 g/mol. The predicted octanol–water partition coefficient (Wildman–Crippen LogP) is -0.0581. The van der Waals surface area contributed by atoms with Crippen molar-refractivity contribution in [3.05, 3.63) is 0 Å². The van der Waals surface area contributed by atoms with Crippen LogP contribution in [0.15, 0.2) is 0 Å². The Kier molecular flexibility index (Phi) is 2.93. The highest BCUT2D eigenvalue weighted by molar-refractivity contribution is 6.45. The van der Waals surface area contributed by atoms with Crippen molar-refractivity contribution in [1.29, 1.82) is 0 Å². The quantitative estimate of drug-likeness (QED) is 0.524. The number of aliphatic hydroxyl groups is 1. The Hall–Kier alpha value is -0.0551. The Morgan fingerprint density at radius 1 is 1.55 bits per heavy atom. The Bertz CT molecular complexity index is 132. The Morgan fingerprint density at radius 3 is 2.64 bits per heavy atom. The highest BCUT2D eigenvalue weighted by atomic mass is 16.3. The third-order valence-electron chi connectivity index (χ3n) is 2.38. The molecule has 1 heterocycles. The van der Waals surface area contributed by atoms with Gasteiger partial charge in [-0.3, -0.25) is 0 Å². The van der Waals surface area contributed by atoms with Crippen LogP contribution >= 0.6 is 0 Å². The molecule has 0 spiro atoms. The topological polar surface area (TPSA) is 43.7 Å². The minimum atomic E-state index is -0.377. The van der Waals surface area contributed by atoms with Gasteiger partial charge >= 0.3 is 7.05 Å². The van der Waals surface area contributed by atoms with Crippen molar-refractivity contribution in [2.75, 3.05) is 6.54 Å². The minimum absolute atomic E-state index is 0.167. The fourth-order valence-corrected chi connectivity index (χ4v) is 1.72. The SMILES string of the molecule is CB(O)N1CC[C@H](O)C[C@@H]1C. The summed E-state index contributed by atoms with van der Waals surface area (Å²) in [5.74, 6) is 0. The lowest BCUT2D eigenvalue weighted by Gasteiger charge is -2.36. The molecule has 64 valence electrons. The fraction of sp³-hybridized carbons (Fsp3) is 1.00. The molecule has 2 atom stereocenters. The lowest BCUT2D eigenvalue weighted by Crippen LogP contribution is -2.49. The van der Waals surface area contributed by atoms with E-state index in [9.17, 15) is 10.1 Å². The molecule has 11 heavy (non-hydrogen) atoms. The molecule has 1 saturated heterocycles. The molecule has 0 radical (unpaired) electrons. The van der Waals surface area contributed by atoms with Gasteiger partial charge in [0.25, 0.3) is 0 Å². The summed E-state index contributed by atoms with van der Waals surface area (Å²) in [6.45, 7) is 4.61. The van der Waals surface area contributed by atoms with Gasteiger partial charge in [-0.15, -0.1) is 0 Å². The van der Waals surface area contributed by atoms with Crippen LogP contribution in [0.4, 0.5) is 0 Å². The first-order valence-electron chi connectivity index (χ1n) is 4.23. The molecule has 0 aromatic carbocycles. The average Bonchev–Trinajstić information content (AvgIpc) is 1.85. The fourth-order valence-electron chi connectivity index (χ4n) is 1.72. The molecule has 2 N–H and O–H groups in total. The summed E-state index contributed by atoms with van der Waals surface area (Å²) in [4.78, 5) is 2.01. The van der Waals surface area contributed by atoms with Gasteiger partial charge in [-0.25, -0.2) is 0 Å². The summed E-state index contributed by atoms with van der Waals surface area (Å²) >= 11 is 0. The molecule has 4 heteroatoms. The van der Waals surface area contributed by atoms with E-state index in [4.69, 9.17) is 0 Å². The molecule has 1 aliphatic rings. The Balaban J connectivity index is 2.44. The molecular weight excluding hydrogens is 141 g/mol. The molecule has 0 aromatic rings. The zero-order valence-corrected chi connectivity index (χ0v) is 7.20. The van der Waals surface area contributed by atoms with Gasteiger partial charge in [0.15, 0.2) is 0 Å². The number of hydrogen-bond donors (Lipinski definition) is 2. The summed E-state index contributed by atoms with van der Waals surface area (Å²) in [5.41, 5.74) is 0. The summed E-state index contributed by atoms with van der Waals surface area (Å²) in [5, 5.41) is 18.5. The maximum Gasteiger partial charge on any atom is 0.376 e. The molecule has 1 rings (SSSR count). The second-order valence-corrected chi connectivity index (χ2v) is 3.40.